The molecular weight excluding hydrogens is 272 g/mol. The summed E-state index contributed by atoms with van der Waals surface area (Å²) in [6, 6.07) is 6.40. The molecule has 2 heterocycles. The Balaban J connectivity index is 1.97. The lowest BCUT2D eigenvalue weighted by Crippen LogP contribution is -2.60. The summed E-state index contributed by atoms with van der Waals surface area (Å²) in [5, 5.41) is 9.43. The van der Waals surface area contributed by atoms with Gasteiger partial charge in [0.15, 0.2) is 0 Å². The van der Waals surface area contributed by atoms with Crippen molar-refractivity contribution in [2.75, 3.05) is 18.1 Å². The van der Waals surface area contributed by atoms with Gasteiger partial charge in [0, 0.05) is 25.3 Å². The van der Waals surface area contributed by atoms with E-state index in [4.69, 9.17) is 10.5 Å². The number of rotatable bonds is 2. The summed E-state index contributed by atoms with van der Waals surface area (Å²) in [4.78, 5) is 25.8. The quantitative estimate of drug-likeness (QED) is 0.829. The van der Waals surface area contributed by atoms with E-state index in [1.165, 1.54) is 4.90 Å². The third-order valence-electron chi connectivity index (χ3n) is 4.29. The molecule has 0 aliphatic carbocycles. The molecule has 0 saturated carbocycles. The Morgan fingerprint density at radius 1 is 1.29 bits per heavy atom. The molecule has 0 radical (unpaired) electrons. The van der Waals surface area contributed by atoms with Crippen molar-refractivity contribution in [1.29, 1.82) is 0 Å². The first-order valence-corrected chi connectivity index (χ1v) is 7.04. The van der Waals surface area contributed by atoms with Crippen molar-refractivity contribution in [3.8, 4) is 0 Å². The van der Waals surface area contributed by atoms with Crippen LogP contribution in [0.4, 0.5) is 5.69 Å². The maximum Gasteiger partial charge on any atom is 0.327 e. The van der Waals surface area contributed by atoms with Gasteiger partial charge in [-0.3, -0.25) is 9.69 Å². The fourth-order valence-corrected chi connectivity index (χ4v) is 3.02. The Morgan fingerprint density at radius 2 is 1.95 bits per heavy atom. The highest BCUT2D eigenvalue weighted by molar-refractivity contribution is 6.06. The molecule has 112 valence electrons. The van der Waals surface area contributed by atoms with Gasteiger partial charge in [-0.05, 0) is 24.5 Å². The zero-order valence-corrected chi connectivity index (χ0v) is 11.6. The number of nitrogens with zero attached hydrogens (tertiary/aromatic N) is 1. The second kappa shape index (κ2) is 5.13. The third-order valence-corrected chi connectivity index (χ3v) is 4.29. The first kappa shape index (κ1) is 14.0. The van der Waals surface area contributed by atoms with E-state index in [-0.39, 0.29) is 5.91 Å². The van der Waals surface area contributed by atoms with Crippen LogP contribution in [-0.4, -0.2) is 41.8 Å². The molecule has 2 aliphatic rings. The molecule has 0 aromatic heterocycles. The fourth-order valence-electron chi connectivity index (χ4n) is 3.02. The first-order chi connectivity index (χ1) is 10.0. The lowest BCUT2D eigenvalue weighted by atomic mass is 9.89. The minimum Gasteiger partial charge on any atom is -0.480 e. The van der Waals surface area contributed by atoms with Gasteiger partial charge in [-0.25, -0.2) is 4.79 Å². The number of amides is 1. The number of hydrogen-bond acceptors (Lipinski definition) is 4. The average molecular weight is 290 g/mol. The Bertz CT molecular complexity index is 581. The Hall–Kier alpha value is -1.92. The molecule has 1 unspecified atom stereocenters. The molecule has 0 spiro atoms. The minimum atomic E-state index is -1.04. The van der Waals surface area contributed by atoms with Crippen LogP contribution in [-0.2, 0) is 20.7 Å². The van der Waals surface area contributed by atoms with Gasteiger partial charge in [-0.15, -0.1) is 0 Å². The van der Waals surface area contributed by atoms with Gasteiger partial charge in [0.1, 0.15) is 11.6 Å². The second-order valence-corrected chi connectivity index (χ2v) is 5.63. The summed E-state index contributed by atoms with van der Waals surface area (Å²) in [6.45, 7) is 0.852. The van der Waals surface area contributed by atoms with Crippen molar-refractivity contribution in [3.63, 3.8) is 0 Å². The number of benzene rings is 1. The fraction of sp³-hybridized carbons (Fsp3) is 0.467. The van der Waals surface area contributed by atoms with E-state index in [9.17, 15) is 14.7 Å². The number of carbonyl (C=O) groups is 2. The Labute approximate surface area is 122 Å². The molecule has 2 aliphatic heterocycles. The van der Waals surface area contributed by atoms with E-state index in [0.717, 1.165) is 5.56 Å². The van der Waals surface area contributed by atoms with Crippen molar-refractivity contribution < 1.29 is 19.4 Å². The maximum absolute atomic E-state index is 12.9. The van der Waals surface area contributed by atoms with Gasteiger partial charge in [0.2, 0.25) is 5.91 Å². The first-order valence-electron chi connectivity index (χ1n) is 7.04. The molecule has 1 amide bonds. The van der Waals surface area contributed by atoms with E-state index in [1.54, 1.807) is 12.1 Å². The van der Waals surface area contributed by atoms with Crippen molar-refractivity contribution in [1.82, 2.24) is 0 Å². The summed E-state index contributed by atoms with van der Waals surface area (Å²) in [6.07, 6.45) is 1.15. The van der Waals surface area contributed by atoms with E-state index in [1.807, 2.05) is 12.1 Å². The van der Waals surface area contributed by atoms with Crippen molar-refractivity contribution in [2.45, 2.75) is 30.8 Å². The summed E-state index contributed by atoms with van der Waals surface area (Å²) in [5.41, 5.74) is 6.73. The lowest BCUT2D eigenvalue weighted by Gasteiger charge is -2.36. The zero-order valence-electron chi connectivity index (χ0n) is 11.6. The number of ether oxygens (including phenoxy) is 1. The number of anilines is 1. The third kappa shape index (κ3) is 2.30. The van der Waals surface area contributed by atoms with Gasteiger partial charge >= 0.3 is 5.97 Å². The van der Waals surface area contributed by atoms with Gasteiger partial charge < -0.3 is 15.6 Å². The smallest absolute Gasteiger partial charge is 0.327 e. The molecule has 3 N–H and O–H groups in total. The van der Waals surface area contributed by atoms with E-state index < -0.39 is 17.6 Å². The minimum absolute atomic E-state index is 0.317. The van der Waals surface area contributed by atoms with Gasteiger partial charge in [-0.1, -0.05) is 18.2 Å². The molecule has 0 bridgehead atoms. The van der Waals surface area contributed by atoms with Gasteiger partial charge in [-0.2, -0.15) is 0 Å². The van der Waals surface area contributed by atoms with Crippen molar-refractivity contribution in [2.24, 2.45) is 5.73 Å². The average Bonchev–Trinajstić information content (AvgIpc) is 2.86. The molecule has 1 atom stereocenters. The number of carbonyl (C=O) groups excluding carboxylic acids is 1. The molecule has 1 aromatic rings. The number of fused-ring (bicyclic) bond motifs is 1. The van der Waals surface area contributed by atoms with Crippen molar-refractivity contribution in [3.05, 3.63) is 29.8 Å². The topological polar surface area (TPSA) is 92.9 Å². The molecule has 1 saturated heterocycles. The predicted octanol–water partition coefficient (Wildman–Crippen LogP) is 0.537. The predicted molar refractivity (Wildman–Crippen MR) is 76.0 cm³/mol. The van der Waals surface area contributed by atoms with Crippen LogP contribution in [0.3, 0.4) is 0 Å². The normalized spacial score (nSPS) is 23.7. The van der Waals surface area contributed by atoms with Gasteiger partial charge in [0.05, 0.1) is 0 Å². The Morgan fingerprint density at radius 3 is 2.62 bits per heavy atom. The second-order valence-electron chi connectivity index (χ2n) is 5.63. The maximum atomic E-state index is 12.9. The molecule has 1 fully saturated rings. The molecule has 1 aromatic carbocycles. The molecule has 6 heteroatoms. The highest BCUT2D eigenvalue weighted by Gasteiger charge is 2.46. The van der Waals surface area contributed by atoms with Crippen LogP contribution in [0.15, 0.2) is 24.3 Å². The number of carboxylic acids is 1. The largest absolute Gasteiger partial charge is 0.480 e. The standard InChI is InChI=1S/C15H18N2O4/c16-15(5-7-21-8-6-15)14(20)17-11-4-2-1-3-10(11)9-12(17)13(18)19/h1-4,12H,5-9,16H2,(H,18,19). The van der Waals surface area contributed by atoms with E-state index >= 15 is 0 Å². The summed E-state index contributed by atoms with van der Waals surface area (Å²) < 4.78 is 5.25. The van der Waals surface area contributed by atoms with Crippen LogP contribution in [0.5, 0.6) is 0 Å². The Kier molecular flexibility index (Phi) is 3.43. The molecule has 3 rings (SSSR count). The highest BCUT2D eigenvalue weighted by atomic mass is 16.5. The summed E-state index contributed by atoms with van der Waals surface area (Å²) >= 11 is 0. The monoisotopic (exact) mass is 290 g/mol. The van der Waals surface area contributed by atoms with E-state index in [0.29, 0.717) is 38.2 Å². The lowest BCUT2D eigenvalue weighted by molar-refractivity contribution is -0.141. The van der Waals surface area contributed by atoms with Crippen molar-refractivity contribution >= 4 is 17.6 Å². The SMILES string of the molecule is NC1(C(=O)N2c3ccccc3CC2C(=O)O)CCOCC1. The van der Waals surface area contributed by atoms with Crippen LogP contribution in [0.2, 0.25) is 0 Å². The van der Waals surface area contributed by atoms with Crippen LogP contribution in [0, 0.1) is 0 Å². The summed E-state index contributed by atoms with van der Waals surface area (Å²) in [5.74, 6) is -1.32. The number of para-hydroxylation sites is 1. The molecule has 6 nitrogen and oxygen atoms in total. The summed E-state index contributed by atoms with van der Waals surface area (Å²) in [7, 11) is 0. The van der Waals surface area contributed by atoms with E-state index in [2.05, 4.69) is 0 Å². The van der Waals surface area contributed by atoms with Gasteiger partial charge in [0.25, 0.3) is 0 Å². The molecular formula is C15H18N2O4. The zero-order chi connectivity index (χ0) is 15.0. The number of aliphatic carboxylic acids is 1. The highest BCUT2D eigenvalue weighted by Crippen LogP contribution is 2.35. The van der Waals surface area contributed by atoms with Crippen LogP contribution in [0.25, 0.3) is 0 Å². The number of carboxylic acid groups (broad SMARTS) is 1. The number of nitrogens with two attached hydrogens (primary N) is 1. The number of hydrogen-bond donors (Lipinski definition) is 2. The van der Waals surface area contributed by atoms with Crippen LogP contribution >= 0.6 is 0 Å². The molecule has 21 heavy (non-hydrogen) atoms. The van der Waals surface area contributed by atoms with Crippen LogP contribution in [0.1, 0.15) is 18.4 Å². The van der Waals surface area contributed by atoms with Crippen LogP contribution < -0.4 is 10.6 Å².